The van der Waals surface area contributed by atoms with Crippen LogP contribution in [0.4, 0.5) is 11.4 Å². The molecule has 116 valence electrons. The summed E-state index contributed by atoms with van der Waals surface area (Å²) in [7, 11) is 2.88. The highest BCUT2D eigenvalue weighted by atomic mass is 16.6. The van der Waals surface area contributed by atoms with Gasteiger partial charge < -0.3 is 14.8 Å². The molecular formula is C13H14N4O5. The van der Waals surface area contributed by atoms with Gasteiger partial charge in [0.2, 0.25) is 0 Å². The zero-order chi connectivity index (χ0) is 16.1. The van der Waals surface area contributed by atoms with Crippen molar-refractivity contribution in [3.8, 4) is 5.75 Å². The molecule has 9 heteroatoms. The van der Waals surface area contributed by atoms with Crippen molar-refractivity contribution in [2.75, 3.05) is 19.5 Å². The Hall–Kier alpha value is -2.94. The molecule has 0 bridgehead atoms. The van der Waals surface area contributed by atoms with E-state index in [0.717, 1.165) is 0 Å². The lowest BCUT2D eigenvalue weighted by molar-refractivity contribution is -0.384. The first-order chi connectivity index (χ1) is 10.5. The first-order valence-corrected chi connectivity index (χ1v) is 6.21. The van der Waals surface area contributed by atoms with E-state index in [1.54, 1.807) is 6.20 Å². The molecule has 22 heavy (non-hydrogen) atoms. The number of non-ortho nitro benzene ring substituents is 1. The summed E-state index contributed by atoms with van der Waals surface area (Å²) >= 11 is 0. The molecule has 0 saturated carbocycles. The summed E-state index contributed by atoms with van der Waals surface area (Å²) in [6.45, 7) is 0.230. The third-order valence-corrected chi connectivity index (χ3v) is 2.78. The molecule has 0 aliphatic carbocycles. The maximum Gasteiger partial charge on any atom is 0.276 e. The zero-order valence-corrected chi connectivity index (χ0v) is 12.0. The SMILES string of the molecule is COCn1ccc(C(=O)Nc2ccc([N+](=O)[O-])cc2OC)n1. The molecule has 2 rings (SSSR count). The lowest BCUT2D eigenvalue weighted by atomic mass is 10.2. The molecule has 2 aromatic rings. The molecule has 1 aromatic heterocycles. The van der Waals surface area contributed by atoms with E-state index < -0.39 is 10.8 Å². The Labute approximate surface area is 125 Å². The maximum absolute atomic E-state index is 12.1. The molecule has 0 saturated heterocycles. The molecule has 0 radical (unpaired) electrons. The molecule has 0 spiro atoms. The number of hydrogen-bond donors (Lipinski definition) is 1. The van der Waals surface area contributed by atoms with E-state index in [1.165, 1.54) is 43.2 Å². The number of anilines is 1. The van der Waals surface area contributed by atoms with Crippen molar-refractivity contribution in [3.05, 3.63) is 46.3 Å². The summed E-state index contributed by atoms with van der Waals surface area (Å²) in [5, 5.41) is 17.4. The topological polar surface area (TPSA) is 109 Å². The highest BCUT2D eigenvalue weighted by molar-refractivity contribution is 6.03. The molecule has 0 atom stereocenters. The molecule has 0 fully saturated rings. The molecule has 1 amide bonds. The van der Waals surface area contributed by atoms with Gasteiger partial charge in [0.1, 0.15) is 12.5 Å². The normalized spacial score (nSPS) is 10.3. The smallest absolute Gasteiger partial charge is 0.276 e. The number of carbonyl (C=O) groups is 1. The predicted octanol–water partition coefficient (Wildman–Crippen LogP) is 1.66. The summed E-state index contributed by atoms with van der Waals surface area (Å²) in [6.07, 6.45) is 1.60. The molecule has 0 aliphatic rings. The zero-order valence-electron chi connectivity index (χ0n) is 12.0. The van der Waals surface area contributed by atoms with E-state index in [0.29, 0.717) is 5.69 Å². The van der Waals surface area contributed by atoms with E-state index in [9.17, 15) is 14.9 Å². The fraction of sp³-hybridized carbons (Fsp3) is 0.231. The average Bonchev–Trinajstić information content (AvgIpc) is 2.96. The minimum absolute atomic E-state index is 0.126. The van der Waals surface area contributed by atoms with Crippen molar-refractivity contribution in [2.24, 2.45) is 0 Å². The van der Waals surface area contributed by atoms with Gasteiger partial charge in [-0.1, -0.05) is 0 Å². The van der Waals surface area contributed by atoms with Gasteiger partial charge in [-0.05, 0) is 12.1 Å². The van der Waals surface area contributed by atoms with Gasteiger partial charge in [-0.15, -0.1) is 0 Å². The van der Waals surface area contributed by atoms with Crippen LogP contribution in [-0.4, -0.2) is 34.8 Å². The summed E-state index contributed by atoms with van der Waals surface area (Å²) in [5.74, 6) is -0.263. The third-order valence-electron chi connectivity index (χ3n) is 2.78. The number of hydrogen-bond acceptors (Lipinski definition) is 6. The van der Waals surface area contributed by atoms with E-state index >= 15 is 0 Å². The molecule has 0 unspecified atom stereocenters. The van der Waals surface area contributed by atoms with E-state index in [2.05, 4.69) is 10.4 Å². The Balaban J connectivity index is 2.18. The van der Waals surface area contributed by atoms with Gasteiger partial charge in [0.05, 0.1) is 23.8 Å². The number of rotatable bonds is 6. The number of nitrogens with one attached hydrogen (secondary N) is 1. The number of nitro benzene ring substituents is 1. The first-order valence-electron chi connectivity index (χ1n) is 6.21. The molecular weight excluding hydrogens is 292 g/mol. The number of nitro groups is 1. The number of nitrogens with zero attached hydrogens (tertiary/aromatic N) is 3. The van der Waals surface area contributed by atoms with Crippen LogP contribution in [0.25, 0.3) is 0 Å². The molecule has 9 nitrogen and oxygen atoms in total. The number of aromatic nitrogens is 2. The van der Waals surface area contributed by atoms with Crippen LogP contribution in [0.1, 0.15) is 10.5 Å². The maximum atomic E-state index is 12.1. The van der Waals surface area contributed by atoms with Crippen LogP contribution >= 0.6 is 0 Å². The minimum Gasteiger partial charge on any atom is -0.494 e. The molecule has 0 aliphatic heterocycles. The standard InChI is InChI=1S/C13H14N4O5/c1-21-8-16-6-5-11(15-16)13(18)14-10-4-3-9(17(19)20)7-12(10)22-2/h3-7H,8H2,1-2H3,(H,14,18). The second-order valence-electron chi connectivity index (χ2n) is 4.25. The van der Waals surface area contributed by atoms with Crippen LogP contribution < -0.4 is 10.1 Å². The van der Waals surface area contributed by atoms with E-state index in [4.69, 9.17) is 9.47 Å². The third kappa shape index (κ3) is 3.38. The fourth-order valence-corrected chi connectivity index (χ4v) is 1.77. The average molecular weight is 306 g/mol. The van der Waals surface area contributed by atoms with Gasteiger partial charge in [0.15, 0.2) is 5.69 Å². The lowest BCUT2D eigenvalue weighted by Crippen LogP contribution is -2.14. The number of amides is 1. The fourth-order valence-electron chi connectivity index (χ4n) is 1.77. The van der Waals surface area contributed by atoms with Crippen molar-refractivity contribution in [1.82, 2.24) is 9.78 Å². The van der Waals surface area contributed by atoms with Crippen LogP contribution in [0, 0.1) is 10.1 Å². The second-order valence-corrected chi connectivity index (χ2v) is 4.25. The Morgan fingerprint density at radius 1 is 1.41 bits per heavy atom. The molecule has 1 N–H and O–H groups in total. The Bertz CT molecular complexity index is 697. The number of benzene rings is 1. The van der Waals surface area contributed by atoms with Crippen LogP contribution in [0.5, 0.6) is 5.75 Å². The largest absolute Gasteiger partial charge is 0.494 e. The van der Waals surface area contributed by atoms with Gasteiger partial charge in [0, 0.05) is 19.4 Å². The Morgan fingerprint density at radius 2 is 2.18 bits per heavy atom. The Kier molecular flexibility index (Phi) is 4.69. The van der Waals surface area contributed by atoms with Gasteiger partial charge >= 0.3 is 0 Å². The van der Waals surface area contributed by atoms with Gasteiger partial charge in [-0.25, -0.2) is 4.68 Å². The lowest BCUT2D eigenvalue weighted by Gasteiger charge is -2.08. The van der Waals surface area contributed by atoms with E-state index in [-0.39, 0.29) is 23.9 Å². The predicted molar refractivity (Wildman–Crippen MR) is 76.8 cm³/mol. The van der Waals surface area contributed by atoms with Crippen molar-refractivity contribution < 1.29 is 19.2 Å². The van der Waals surface area contributed by atoms with Crippen LogP contribution in [0.15, 0.2) is 30.5 Å². The van der Waals surface area contributed by atoms with Gasteiger partial charge in [-0.2, -0.15) is 5.10 Å². The Morgan fingerprint density at radius 3 is 2.82 bits per heavy atom. The second kappa shape index (κ2) is 6.68. The quantitative estimate of drug-likeness (QED) is 0.642. The van der Waals surface area contributed by atoms with Gasteiger partial charge in [0.25, 0.3) is 11.6 Å². The molecule has 1 aromatic carbocycles. The monoisotopic (exact) mass is 306 g/mol. The number of carbonyl (C=O) groups excluding carboxylic acids is 1. The molecule has 1 heterocycles. The van der Waals surface area contributed by atoms with Crippen molar-refractivity contribution in [3.63, 3.8) is 0 Å². The van der Waals surface area contributed by atoms with E-state index in [1.807, 2.05) is 0 Å². The number of methoxy groups -OCH3 is 2. The van der Waals surface area contributed by atoms with Crippen LogP contribution in [-0.2, 0) is 11.5 Å². The van der Waals surface area contributed by atoms with Crippen molar-refractivity contribution >= 4 is 17.3 Å². The summed E-state index contributed by atoms with van der Waals surface area (Å²) in [6, 6.07) is 5.45. The van der Waals surface area contributed by atoms with Crippen LogP contribution in [0.2, 0.25) is 0 Å². The first kappa shape index (κ1) is 15.4. The summed E-state index contributed by atoms with van der Waals surface area (Å²) in [5.41, 5.74) is 0.385. The van der Waals surface area contributed by atoms with Crippen molar-refractivity contribution in [2.45, 2.75) is 6.73 Å². The van der Waals surface area contributed by atoms with Crippen molar-refractivity contribution in [1.29, 1.82) is 0 Å². The number of ether oxygens (including phenoxy) is 2. The highest BCUT2D eigenvalue weighted by Gasteiger charge is 2.15. The van der Waals surface area contributed by atoms with Gasteiger partial charge in [-0.3, -0.25) is 14.9 Å². The van der Waals surface area contributed by atoms with Crippen LogP contribution in [0.3, 0.4) is 0 Å². The summed E-state index contributed by atoms with van der Waals surface area (Å²) < 4.78 is 11.4. The highest BCUT2D eigenvalue weighted by Crippen LogP contribution is 2.29. The summed E-state index contributed by atoms with van der Waals surface area (Å²) in [4.78, 5) is 22.3. The minimum atomic E-state index is -0.541.